The molecule has 0 amide bonds. The number of morpholine rings is 1. The molecule has 1 saturated heterocycles. The van der Waals surface area contributed by atoms with Crippen LogP contribution < -0.4 is 0 Å². The molecule has 116 valence electrons. The van der Waals surface area contributed by atoms with Crippen LogP contribution in [0, 0.1) is 0 Å². The van der Waals surface area contributed by atoms with E-state index in [0.717, 1.165) is 56.0 Å². The third kappa shape index (κ3) is 2.77. The average molecular weight is 337 g/mol. The first-order chi connectivity index (χ1) is 10.8. The van der Waals surface area contributed by atoms with Crippen molar-refractivity contribution in [1.29, 1.82) is 0 Å². The second kappa shape index (κ2) is 6.22. The zero-order valence-electron chi connectivity index (χ0n) is 12.2. The van der Waals surface area contributed by atoms with Crippen molar-refractivity contribution >= 4 is 38.7 Å². The molecule has 0 atom stereocenters. The van der Waals surface area contributed by atoms with Gasteiger partial charge in [-0.15, -0.1) is 11.3 Å². The fourth-order valence-corrected chi connectivity index (χ4v) is 4.28. The molecule has 0 spiro atoms. The maximum Gasteiger partial charge on any atom is 0.150 e. The number of halogens is 1. The van der Waals surface area contributed by atoms with Gasteiger partial charge in [0.1, 0.15) is 11.5 Å². The van der Waals surface area contributed by atoms with Gasteiger partial charge in [0.15, 0.2) is 0 Å². The van der Waals surface area contributed by atoms with E-state index in [9.17, 15) is 0 Å². The van der Waals surface area contributed by atoms with E-state index in [0.29, 0.717) is 5.15 Å². The van der Waals surface area contributed by atoms with Crippen LogP contribution in [0.15, 0.2) is 18.5 Å². The minimum Gasteiger partial charge on any atom is -0.379 e. The van der Waals surface area contributed by atoms with Gasteiger partial charge < -0.3 is 4.74 Å². The molecule has 0 saturated carbocycles. The van der Waals surface area contributed by atoms with Gasteiger partial charge in [-0.25, -0.2) is 20.0 Å². The van der Waals surface area contributed by atoms with E-state index >= 15 is 0 Å². The van der Waals surface area contributed by atoms with Gasteiger partial charge in [0.05, 0.1) is 23.4 Å². The van der Waals surface area contributed by atoms with Gasteiger partial charge in [0.2, 0.25) is 0 Å². The number of hydrogen-bond acceptors (Lipinski definition) is 6. The molecule has 0 bridgehead atoms. The second-order valence-electron chi connectivity index (χ2n) is 5.45. The van der Waals surface area contributed by atoms with Crippen molar-refractivity contribution in [3.8, 4) is 0 Å². The fraction of sp³-hybridized carbons (Fsp3) is 0.467. The van der Waals surface area contributed by atoms with E-state index in [-0.39, 0.29) is 0 Å². The third-order valence-corrected chi connectivity index (χ3v) is 5.76. The highest BCUT2D eigenvalue weighted by molar-refractivity contribution is 7.20. The summed E-state index contributed by atoms with van der Waals surface area (Å²) in [5.74, 6) is 0. The lowest BCUT2D eigenvalue weighted by Crippen LogP contribution is -2.50. The lowest BCUT2D eigenvalue weighted by molar-refractivity contribution is -0.0843. The predicted octanol–water partition coefficient (Wildman–Crippen LogP) is 2.68. The van der Waals surface area contributed by atoms with Crippen LogP contribution in [0.25, 0.3) is 15.8 Å². The van der Waals surface area contributed by atoms with Crippen molar-refractivity contribution in [2.75, 3.05) is 39.4 Å². The Morgan fingerprint density at radius 1 is 1.14 bits per heavy atom. The summed E-state index contributed by atoms with van der Waals surface area (Å²) in [5.41, 5.74) is 2.33. The number of fused-ring (bicyclic) bond motifs is 1. The molecule has 2 aliphatic heterocycles. The molecular formula is C15H17ClN4OS. The number of aromatic nitrogens is 2. The van der Waals surface area contributed by atoms with E-state index in [4.69, 9.17) is 16.3 Å². The lowest BCUT2D eigenvalue weighted by atomic mass is 10.1. The molecule has 0 radical (unpaired) electrons. The summed E-state index contributed by atoms with van der Waals surface area (Å²) >= 11 is 7.84. The SMILES string of the molecule is Clc1ncnc2cc(C3=CCN(N4CCOCC4)CC3)sc12. The molecule has 2 aromatic rings. The van der Waals surface area contributed by atoms with Gasteiger partial charge in [0, 0.05) is 31.1 Å². The van der Waals surface area contributed by atoms with E-state index in [1.54, 1.807) is 11.3 Å². The summed E-state index contributed by atoms with van der Waals surface area (Å²) < 4.78 is 6.40. The summed E-state index contributed by atoms with van der Waals surface area (Å²) in [5, 5.41) is 5.38. The summed E-state index contributed by atoms with van der Waals surface area (Å²) in [6.07, 6.45) is 4.90. The summed E-state index contributed by atoms with van der Waals surface area (Å²) in [4.78, 5) is 9.62. The van der Waals surface area contributed by atoms with Crippen LogP contribution in [0.4, 0.5) is 0 Å². The highest BCUT2D eigenvalue weighted by Crippen LogP contribution is 2.35. The average Bonchev–Trinajstić information content (AvgIpc) is 3.02. The van der Waals surface area contributed by atoms with Crippen molar-refractivity contribution < 1.29 is 4.74 Å². The molecular weight excluding hydrogens is 320 g/mol. The van der Waals surface area contributed by atoms with Crippen LogP contribution in [-0.2, 0) is 4.74 Å². The van der Waals surface area contributed by atoms with E-state index in [2.05, 4.69) is 32.1 Å². The fourth-order valence-electron chi connectivity index (χ4n) is 2.96. The Labute approximate surface area is 138 Å². The highest BCUT2D eigenvalue weighted by Gasteiger charge is 2.22. The largest absolute Gasteiger partial charge is 0.379 e. The molecule has 5 nitrogen and oxygen atoms in total. The van der Waals surface area contributed by atoms with Crippen molar-refractivity contribution in [3.05, 3.63) is 28.5 Å². The molecule has 0 aliphatic carbocycles. The zero-order chi connectivity index (χ0) is 14.9. The number of thiophene rings is 1. The molecule has 1 fully saturated rings. The first-order valence-corrected chi connectivity index (χ1v) is 8.68. The van der Waals surface area contributed by atoms with E-state index in [1.165, 1.54) is 16.8 Å². The Balaban J connectivity index is 1.53. The van der Waals surface area contributed by atoms with E-state index in [1.807, 2.05) is 0 Å². The number of hydrogen-bond donors (Lipinski definition) is 0. The summed E-state index contributed by atoms with van der Waals surface area (Å²) in [6.45, 7) is 5.68. The molecule has 4 heterocycles. The van der Waals surface area contributed by atoms with Gasteiger partial charge in [-0.05, 0) is 18.1 Å². The Hall–Kier alpha value is -1.05. The molecule has 22 heavy (non-hydrogen) atoms. The van der Waals surface area contributed by atoms with Crippen molar-refractivity contribution in [2.45, 2.75) is 6.42 Å². The van der Waals surface area contributed by atoms with Crippen LogP contribution in [0.5, 0.6) is 0 Å². The topological polar surface area (TPSA) is 41.5 Å². The van der Waals surface area contributed by atoms with Gasteiger partial charge in [0.25, 0.3) is 0 Å². The van der Waals surface area contributed by atoms with Gasteiger partial charge >= 0.3 is 0 Å². The monoisotopic (exact) mass is 336 g/mol. The molecule has 0 unspecified atom stereocenters. The van der Waals surface area contributed by atoms with Crippen molar-refractivity contribution in [2.24, 2.45) is 0 Å². The second-order valence-corrected chi connectivity index (χ2v) is 6.86. The Morgan fingerprint density at radius 2 is 2.00 bits per heavy atom. The van der Waals surface area contributed by atoms with Crippen molar-refractivity contribution in [3.63, 3.8) is 0 Å². The molecule has 0 N–H and O–H groups in total. The lowest BCUT2D eigenvalue weighted by Gasteiger charge is -2.38. The Kier molecular flexibility index (Phi) is 4.11. The first kappa shape index (κ1) is 14.5. The number of ether oxygens (including phenoxy) is 1. The normalized spacial score (nSPS) is 21.2. The number of rotatable bonds is 2. The van der Waals surface area contributed by atoms with E-state index < -0.39 is 0 Å². The molecule has 0 aromatic carbocycles. The van der Waals surface area contributed by atoms with Gasteiger partial charge in [-0.1, -0.05) is 17.7 Å². The maximum atomic E-state index is 6.15. The first-order valence-electron chi connectivity index (χ1n) is 7.48. The van der Waals surface area contributed by atoms with Gasteiger partial charge in [-0.3, -0.25) is 0 Å². The summed E-state index contributed by atoms with van der Waals surface area (Å²) in [6, 6.07) is 2.13. The smallest absolute Gasteiger partial charge is 0.150 e. The highest BCUT2D eigenvalue weighted by atomic mass is 35.5. The maximum absolute atomic E-state index is 6.15. The molecule has 4 rings (SSSR count). The predicted molar refractivity (Wildman–Crippen MR) is 89.0 cm³/mol. The molecule has 7 heteroatoms. The van der Waals surface area contributed by atoms with Crippen LogP contribution in [0.3, 0.4) is 0 Å². The molecule has 2 aliphatic rings. The molecule has 2 aromatic heterocycles. The Morgan fingerprint density at radius 3 is 2.73 bits per heavy atom. The zero-order valence-corrected chi connectivity index (χ0v) is 13.7. The van der Waals surface area contributed by atoms with Crippen LogP contribution in [-0.4, -0.2) is 59.4 Å². The Bertz CT molecular complexity index is 711. The van der Waals surface area contributed by atoms with Crippen LogP contribution >= 0.6 is 22.9 Å². The summed E-state index contributed by atoms with van der Waals surface area (Å²) in [7, 11) is 0. The standard InChI is InChI=1S/C15H17ClN4OS/c16-15-14-12(17-10-18-15)9-13(22-14)11-1-3-19(4-2-11)20-5-7-21-8-6-20/h1,9-10H,2-8H2. The minimum atomic E-state index is 0.549. The number of nitrogens with zero attached hydrogens (tertiary/aromatic N) is 4. The van der Waals surface area contributed by atoms with Crippen molar-refractivity contribution in [1.82, 2.24) is 20.0 Å². The minimum absolute atomic E-state index is 0.549. The van der Waals surface area contributed by atoms with Crippen LogP contribution in [0.1, 0.15) is 11.3 Å². The van der Waals surface area contributed by atoms with Crippen LogP contribution in [0.2, 0.25) is 5.15 Å². The van der Waals surface area contributed by atoms with Gasteiger partial charge in [-0.2, -0.15) is 0 Å². The number of hydrazine groups is 1. The quantitative estimate of drug-likeness (QED) is 0.789. The third-order valence-electron chi connectivity index (χ3n) is 4.16.